The number of anilines is 1. The van der Waals surface area contributed by atoms with Crippen LogP contribution in [0.25, 0.3) is 0 Å². The van der Waals surface area contributed by atoms with E-state index in [-0.39, 0.29) is 5.78 Å². The quantitative estimate of drug-likeness (QED) is 0.692. The Labute approximate surface area is 118 Å². The van der Waals surface area contributed by atoms with E-state index in [1.807, 2.05) is 30.3 Å². The fourth-order valence-electron chi connectivity index (χ4n) is 1.39. The van der Waals surface area contributed by atoms with Gasteiger partial charge in [0.05, 0.1) is 5.75 Å². The summed E-state index contributed by atoms with van der Waals surface area (Å²) < 4.78 is 0.966. The summed E-state index contributed by atoms with van der Waals surface area (Å²) in [6.45, 7) is 0. The summed E-state index contributed by atoms with van der Waals surface area (Å²) in [5.74, 6) is 0.962. The van der Waals surface area contributed by atoms with Crippen LogP contribution in [0.3, 0.4) is 0 Å². The second kappa shape index (κ2) is 6.02. The molecule has 0 fully saturated rings. The number of nitrogen functional groups attached to an aromatic ring is 1. The van der Waals surface area contributed by atoms with Crippen molar-refractivity contribution in [2.24, 2.45) is 0 Å². The summed E-state index contributed by atoms with van der Waals surface area (Å²) in [5, 5.41) is 0. The van der Waals surface area contributed by atoms with E-state index in [1.165, 1.54) is 11.8 Å². The molecule has 2 aromatic rings. The van der Waals surface area contributed by atoms with E-state index < -0.39 is 0 Å². The number of hydrogen-bond donors (Lipinski definition) is 1. The van der Waals surface area contributed by atoms with Crippen molar-refractivity contribution in [1.82, 2.24) is 4.98 Å². The van der Waals surface area contributed by atoms with Gasteiger partial charge in [-0.1, -0.05) is 28.1 Å². The van der Waals surface area contributed by atoms with Gasteiger partial charge in [0.15, 0.2) is 5.78 Å². The number of pyridine rings is 1. The van der Waals surface area contributed by atoms with Crippen LogP contribution in [0.5, 0.6) is 0 Å². The first kappa shape index (κ1) is 13.1. The average Bonchev–Trinajstić information content (AvgIpc) is 2.37. The van der Waals surface area contributed by atoms with Gasteiger partial charge in [0.2, 0.25) is 0 Å². The van der Waals surface area contributed by atoms with Crippen LogP contribution in [-0.2, 0) is 0 Å². The van der Waals surface area contributed by atoms with Crippen molar-refractivity contribution >= 4 is 39.3 Å². The maximum atomic E-state index is 11.9. The summed E-state index contributed by atoms with van der Waals surface area (Å²) in [6, 6.07) is 11.0. The molecule has 1 heterocycles. The first-order chi connectivity index (χ1) is 8.65. The Balaban J connectivity index is 1.98. The molecule has 5 heteroatoms. The summed E-state index contributed by atoms with van der Waals surface area (Å²) in [6.07, 6.45) is 1.64. The van der Waals surface area contributed by atoms with Gasteiger partial charge < -0.3 is 5.73 Å². The second-order valence-electron chi connectivity index (χ2n) is 3.64. The summed E-state index contributed by atoms with van der Waals surface area (Å²) in [7, 11) is 0. The van der Waals surface area contributed by atoms with Crippen molar-refractivity contribution in [2.75, 3.05) is 11.5 Å². The molecule has 0 radical (unpaired) electrons. The van der Waals surface area contributed by atoms with Crippen LogP contribution in [0.15, 0.2) is 52.0 Å². The maximum Gasteiger partial charge on any atom is 0.173 e. The Kier molecular flexibility index (Phi) is 4.38. The van der Waals surface area contributed by atoms with Crippen molar-refractivity contribution < 1.29 is 4.79 Å². The molecule has 0 amide bonds. The van der Waals surface area contributed by atoms with Gasteiger partial charge in [0.25, 0.3) is 0 Å². The molecule has 0 aliphatic rings. The van der Waals surface area contributed by atoms with E-state index in [2.05, 4.69) is 20.9 Å². The summed E-state index contributed by atoms with van der Waals surface area (Å²) in [4.78, 5) is 16.8. The van der Waals surface area contributed by atoms with E-state index in [1.54, 1.807) is 12.3 Å². The third kappa shape index (κ3) is 3.58. The molecule has 1 aromatic heterocycles. The van der Waals surface area contributed by atoms with E-state index >= 15 is 0 Å². The minimum absolute atomic E-state index is 0.0999. The lowest BCUT2D eigenvalue weighted by Gasteiger charge is -2.02. The molecule has 2 rings (SSSR count). The normalized spacial score (nSPS) is 10.3. The molecule has 0 saturated heterocycles. The SMILES string of the molecule is Nc1cc(SCC(=O)c2ccc(Br)cc2)ccn1. The fourth-order valence-corrected chi connectivity index (χ4v) is 2.48. The maximum absolute atomic E-state index is 11.9. The number of nitrogens with zero attached hydrogens (tertiary/aromatic N) is 1. The highest BCUT2D eigenvalue weighted by atomic mass is 79.9. The van der Waals surface area contributed by atoms with Crippen LogP contribution in [0.2, 0.25) is 0 Å². The molecule has 0 aliphatic heterocycles. The predicted molar refractivity (Wildman–Crippen MR) is 77.8 cm³/mol. The number of ketones is 1. The lowest BCUT2D eigenvalue weighted by Crippen LogP contribution is -2.02. The third-order valence-electron chi connectivity index (χ3n) is 2.29. The molecule has 2 N–H and O–H groups in total. The van der Waals surface area contributed by atoms with Crippen molar-refractivity contribution in [1.29, 1.82) is 0 Å². The Hall–Kier alpha value is -1.33. The minimum atomic E-state index is 0.0999. The lowest BCUT2D eigenvalue weighted by molar-refractivity contribution is 0.102. The van der Waals surface area contributed by atoms with Crippen LogP contribution < -0.4 is 5.73 Å². The van der Waals surface area contributed by atoms with Gasteiger partial charge in [-0.2, -0.15) is 0 Å². The number of carbonyl (C=O) groups is 1. The molecule has 18 heavy (non-hydrogen) atoms. The Morgan fingerprint density at radius 1 is 1.28 bits per heavy atom. The van der Waals surface area contributed by atoms with E-state index in [0.717, 1.165) is 9.37 Å². The first-order valence-electron chi connectivity index (χ1n) is 5.28. The number of Topliss-reactive ketones (excluding diaryl/α,β-unsaturated/α-hetero) is 1. The van der Waals surface area contributed by atoms with Gasteiger partial charge in [0, 0.05) is 21.1 Å². The summed E-state index contributed by atoms with van der Waals surface area (Å²) in [5.41, 5.74) is 6.29. The highest BCUT2D eigenvalue weighted by molar-refractivity contribution is 9.10. The van der Waals surface area contributed by atoms with Crippen molar-refractivity contribution in [2.45, 2.75) is 4.90 Å². The van der Waals surface area contributed by atoms with Crippen molar-refractivity contribution in [3.8, 4) is 0 Å². The molecule has 0 aliphatic carbocycles. The Morgan fingerprint density at radius 3 is 2.67 bits per heavy atom. The fraction of sp³-hybridized carbons (Fsp3) is 0.0769. The molecular weight excluding hydrogens is 312 g/mol. The van der Waals surface area contributed by atoms with Crippen LogP contribution in [-0.4, -0.2) is 16.5 Å². The third-order valence-corrected chi connectivity index (χ3v) is 3.81. The molecule has 0 atom stereocenters. The van der Waals surface area contributed by atoms with Crippen molar-refractivity contribution in [3.05, 3.63) is 52.6 Å². The van der Waals surface area contributed by atoms with E-state index in [4.69, 9.17) is 5.73 Å². The zero-order valence-corrected chi connectivity index (χ0v) is 11.9. The van der Waals surface area contributed by atoms with Gasteiger partial charge in [-0.15, -0.1) is 11.8 Å². The van der Waals surface area contributed by atoms with Crippen LogP contribution >= 0.6 is 27.7 Å². The van der Waals surface area contributed by atoms with Gasteiger partial charge >= 0.3 is 0 Å². The van der Waals surface area contributed by atoms with Gasteiger partial charge in [-0.3, -0.25) is 4.79 Å². The van der Waals surface area contributed by atoms with E-state index in [9.17, 15) is 4.79 Å². The van der Waals surface area contributed by atoms with Gasteiger partial charge in [-0.05, 0) is 24.3 Å². The monoisotopic (exact) mass is 322 g/mol. The largest absolute Gasteiger partial charge is 0.384 e. The molecule has 0 spiro atoms. The highest BCUT2D eigenvalue weighted by Crippen LogP contribution is 2.20. The Bertz CT molecular complexity index is 557. The number of nitrogens with two attached hydrogens (primary N) is 1. The molecule has 0 bridgehead atoms. The minimum Gasteiger partial charge on any atom is -0.384 e. The number of hydrogen-bond acceptors (Lipinski definition) is 4. The lowest BCUT2D eigenvalue weighted by atomic mass is 10.2. The molecular formula is C13H11BrN2OS. The molecule has 92 valence electrons. The summed E-state index contributed by atoms with van der Waals surface area (Å²) >= 11 is 4.80. The standard InChI is InChI=1S/C13H11BrN2OS/c14-10-3-1-9(2-4-10)12(17)8-18-11-5-6-16-13(15)7-11/h1-7H,8H2,(H2,15,16). The van der Waals surface area contributed by atoms with Crippen LogP contribution in [0, 0.1) is 0 Å². The number of aromatic nitrogens is 1. The van der Waals surface area contributed by atoms with Crippen molar-refractivity contribution in [3.63, 3.8) is 0 Å². The van der Waals surface area contributed by atoms with E-state index in [0.29, 0.717) is 17.1 Å². The molecule has 3 nitrogen and oxygen atoms in total. The number of rotatable bonds is 4. The zero-order chi connectivity index (χ0) is 13.0. The smallest absolute Gasteiger partial charge is 0.173 e. The molecule has 0 saturated carbocycles. The zero-order valence-electron chi connectivity index (χ0n) is 9.47. The predicted octanol–water partition coefficient (Wildman–Crippen LogP) is 3.40. The van der Waals surface area contributed by atoms with Gasteiger partial charge in [-0.25, -0.2) is 4.98 Å². The number of halogens is 1. The first-order valence-corrected chi connectivity index (χ1v) is 7.06. The number of carbonyl (C=O) groups excluding carboxylic acids is 1. The number of thioether (sulfide) groups is 1. The molecule has 1 aromatic carbocycles. The van der Waals surface area contributed by atoms with Crippen LogP contribution in [0.1, 0.15) is 10.4 Å². The van der Waals surface area contributed by atoms with Crippen LogP contribution in [0.4, 0.5) is 5.82 Å². The number of benzene rings is 1. The second-order valence-corrected chi connectivity index (χ2v) is 5.60. The highest BCUT2D eigenvalue weighted by Gasteiger charge is 2.06. The average molecular weight is 323 g/mol. The topological polar surface area (TPSA) is 56.0 Å². The Morgan fingerprint density at radius 2 is 2.00 bits per heavy atom. The molecule has 0 unspecified atom stereocenters. The van der Waals surface area contributed by atoms with Gasteiger partial charge in [0.1, 0.15) is 5.82 Å².